The third-order valence-corrected chi connectivity index (χ3v) is 3.86. The summed E-state index contributed by atoms with van der Waals surface area (Å²) in [4.78, 5) is 2.20. The van der Waals surface area contributed by atoms with Crippen LogP contribution in [0.1, 0.15) is 18.4 Å². The maximum absolute atomic E-state index is 5.68. The summed E-state index contributed by atoms with van der Waals surface area (Å²) in [5.74, 6) is 2.95. The lowest BCUT2D eigenvalue weighted by Gasteiger charge is -2.19. The van der Waals surface area contributed by atoms with Crippen LogP contribution in [0.25, 0.3) is 11.7 Å². The highest BCUT2D eigenvalue weighted by atomic mass is 16.5. The Bertz CT molecular complexity index is 799. The van der Waals surface area contributed by atoms with E-state index in [1.54, 1.807) is 32.6 Å². The van der Waals surface area contributed by atoms with Crippen molar-refractivity contribution < 1.29 is 18.3 Å². The molecule has 0 spiro atoms. The van der Waals surface area contributed by atoms with Gasteiger partial charge >= 0.3 is 0 Å². The lowest BCUT2D eigenvalue weighted by molar-refractivity contribution is 0.242. The molecular weight excluding hydrogens is 322 g/mol. The van der Waals surface area contributed by atoms with Crippen LogP contribution in [-0.4, -0.2) is 35.9 Å². The quantitative estimate of drug-likeness (QED) is 0.621. The maximum Gasteiger partial charge on any atom is 0.283 e. The van der Waals surface area contributed by atoms with E-state index in [0.717, 1.165) is 18.7 Å². The van der Waals surface area contributed by atoms with Gasteiger partial charge in [-0.15, -0.1) is 10.2 Å². The molecule has 2 heterocycles. The summed E-state index contributed by atoms with van der Waals surface area (Å²) < 4.78 is 21.6. The Kier molecular flexibility index (Phi) is 5.35. The summed E-state index contributed by atoms with van der Waals surface area (Å²) in [5.41, 5.74) is 1.12. The molecule has 7 nitrogen and oxygen atoms in total. The van der Waals surface area contributed by atoms with E-state index in [4.69, 9.17) is 18.3 Å². The van der Waals surface area contributed by atoms with Crippen molar-refractivity contribution in [3.05, 3.63) is 48.0 Å². The molecule has 0 radical (unpaired) electrons. The topological polar surface area (TPSA) is 73.8 Å². The second-order valence-electron chi connectivity index (χ2n) is 5.47. The first-order valence-corrected chi connectivity index (χ1v) is 8.03. The van der Waals surface area contributed by atoms with E-state index in [1.807, 2.05) is 18.2 Å². The monoisotopic (exact) mass is 343 g/mol. The van der Waals surface area contributed by atoms with Gasteiger partial charge in [0.15, 0.2) is 17.3 Å². The van der Waals surface area contributed by atoms with Crippen molar-refractivity contribution in [2.45, 2.75) is 20.0 Å². The van der Waals surface area contributed by atoms with Crippen LogP contribution in [0.3, 0.4) is 0 Å². The van der Waals surface area contributed by atoms with E-state index in [0.29, 0.717) is 35.6 Å². The normalized spacial score (nSPS) is 11.0. The fourth-order valence-electron chi connectivity index (χ4n) is 2.53. The number of methoxy groups -OCH3 is 2. The van der Waals surface area contributed by atoms with Crippen molar-refractivity contribution in [1.82, 2.24) is 15.1 Å². The van der Waals surface area contributed by atoms with Crippen LogP contribution >= 0.6 is 0 Å². The zero-order valence-corrected chi connectivity index (χ0v) is 14.6. The summed E-state index contributed by atoms with van der Waals surface area (Å²) in [6, 6.07) is 9.48. The first-order chi connectivity index (χ1) is 12.2. The Morgan fingerprint density at radius 2 is 1.88 bits per heavy atom. The predicted octanol–water partition coefficient (Wildman–Crippen LogP) is 3.37. The molecule has 7 heteroatoms. The smallest absolute Gasteiger partial charge is 0.283 e. The second-order valence-corrected chi connectivity index (χ2v) is 5.47. The minimum Gasteiger partial charge on any atom is -0.493 e. The fourth-order valence-corrected chi connectivity index (χ4v) is 2.53. The molecule has 0 N–H and O–H groups in total. The molecule has 0 bridgehead atoms. The fraction of sp³-hybridized carbons (Fsp3) is 0.333. The second kappa shape index (κ2) is 7.85. The minimum absolute atomic E-state index is 0.391. The summed E-state index contributed by atoms with van der Waals surface area (Å²) in [5, 5.41) is 8.13. The average Bonchev–Trinajstić information content (AvgIpc) is 3.32. The molecule has 0 fully saturated rings. The van der Waals surface area contributed by atoms with Crippen LogP contribution in [0.4, 0.5) is 0 Å². The van der Waals surface area contributed by atoms with E-state index >= 15 is 0 Å². The van der Waals surface area contributed by atoms with E-state index in [9.17, 15) is 0 Å². The average molecular weight is 343 g/mol. The number of rotatable bonds is 8. The van der Waals surface area contributed by atoms with Gasteiger partial charge in [-0.05, 0) is 36.4 Å². The molecule has 25 heavy (non-hydrogen) atoms. The molecule has 1 aromatic carbocycles. The van der Waals surface area contributed by atoms with Crippen molar-refractivity contribution in [1.29, 1.82) is 0 Å². The van der Waals surface area contributed by atoms with Crippen molar-refractivity contribution >= 4 is 0 Å². The van der Waals surface area contributed by atoms with Crippen LogP contribution in [0.15, 0.2) is 45.4 Å². The number of aromatic nitrogens is 2. The summed E-state index contributed by atoms with van der Waals surface area (Å²) in [7, 11) is 3.26. The molecule has 3 rings (SSSR count). The molecule has 0 aliphatic rings. The summed E-state index contributed by atoms with van der Waals surface area (Å²) in [6.45, 7) is 4.21. The molecule has 0 atom stereocenters. The molecule has 0 aliphatic heterocycles. The van der Waals surface area contributed by atoms with Gasteiger partial charge in [-0.25, -0.2) is 0 Å². The number of furan rings is 1. The first-order valence-electron chi connectivity index (χ1n) is 8.03. The number of hydrogen-bond acceptors (Lipinski definition) is 7. The molecule has 0 amide bonds. The van der Waals surface area contributed by atoms with Crippen LogP contribution in [-0.2, 0) is 13.1 Å². The highest BCUT2D eigenvalue weighted by molar-refractivity contribution is 5.43. The van der Waals surface area contributed by atoms with Gasteiger partial charge in [0.05, 0.1) is 27.0 Å². The molecule has 0 aliphatic carbocycles. The Morgan fingerprint density at radius 3 is 2.56 bits per heavy atom. The first kappa shape index (κ1) is 17.0. The predicted molar refractivity (Wildman–Crippen MR) is 91.3 cm³/mol. The molecule has 0 saturated carbocycles. The highest BCUT2D eigenvalue weighted by Crippen LogP contribution is 2.28. The van der Waals surface area contributed by atoms with E-state index in [2.05, 4.69) is 22.0 Å². The molecule has 2 aromatic heterocycles. The van der Waals surface area contributed by atoms with Gasteiger partial charge in [-0.2, -0.15) is 0 Å². The Morgan fingerprint density at radius 1 is 1.04 bits per heavy atom. The SMILES string of the molecule is CCN(Cc1ccc(OC)c(OC)c1)Cc1nnc(-c2ccco2)o1. The van der Waals surface area contributed by atoms with Gasteiger partial charge in [-0.1, -0.05) is 13.0 Å². The highest BCUT2D eigenvalue weighted by Gasteiger charge is 2.14. The van der Waals surface area contributed by atoms with Gasteiger partial charge in [0.1, 0.15) is 0 Å². The van der Waals surface area contributed by atoms with Crippen molar-refractivity contribution in [3.8, 4) is 23.1 Å². The maximum atomic E-state index is 5.68. The van der Waals surface area contributed by atoms with Crippen LogP contribution in [0.2, 0.25) is 0 Å². The zero-order chi connectivity index (χ0) is 17.6. The minimum atomic E-state index is 0.391. The lowest BCUT2D eigenvalue weighted by atomic mass is 10.2. The van der Waals surface area contributed by atoms with Crippen LogP contribution in [0.5, 0.6) is 11.5 Å². The number of ether oxygens (including phenoxy) is 2. The number of hydrogen-bond donors (Lipinski definition) is 0. The van der Waals surface area contributed by atoms with Gasteiger partial charge < -0.3 is 18.3 Å². The van der Waals surface area contributed by atoms with Gasteiger partial charge in [0.25, 0.3) is 5.89 Å². The largest absolute Gasteiger partial charge is 0.493 e. The molecular formula is C18H21N3O4. The Hall–Kier alpha value is -2.80. The molecule has 3 aromatic rings. The van der Waals surface area contributed by atoms with Crippen LogP contribution in [0, 0.1) is 0 Å². The van der Waals surface area contributed by atoms with Crippen molar-refractivity contribution in [2.24, 2.45) is 0 Å². The molecule has 0 saturated heterocycles. The van der Waals surface area contributed by atoms with E-state index in [-0.39, 0.29) is 0 Å². The van der Waals surface area contributed by atoms with Crippen LogP contribution < -0.4 is 9.47 Å². The number of nitrogens with zero attached hydrogens (tertiary/aromatic N) is 3. The summed E-state index contributed by atoms with van der Waals surface area (Å²) >= 11 is 0. The van der Waals surface area contributed by atoms with Gasteiger partial charge in [0.2, 0.25) is 5.89 Å². The third kappa shape index (κ3) is 4.00. The third-order valence-electron chi connectivity index (χ3n) is 3.86. The van der Waals surface area contributed by atoms with Gasteiger partial charge in [-0.3, -0.25) is 4.90 Å². The lowest BCUT2D eigenvalue weighted by Crippen LogP contribution is -2.22. The van der Waals surface area contributed by atoms with E-state index < -0.39 is 0 Å². The standard InChI is InChI=1S/C18H21N3O4/c1-4-21(11-13-7-8-14(22-2)16(10-13)23-3)12-17-19-20-18(25-17)15-6-5-9-24-15/h5-10H,4,11-12H2,1-3H3. The van der Waals surface area contributed by atoms with Crippen molar-refractivity contribution in [2.75, 3.05) is 20.8 Å². The van der Waals surface area contributed by atoms with Crippen molar-refractivity contribution in [3.63, 3.8) is 0 Å². The Balaban J connectivity index is 1.69. The zero-order valence-electron chi connectivity index (χ0n) is 14.6. The number of benzene rings is 1. The van der Waals surface area contributed by atoms with E-state index in [1.165, 1.54) is 0 Å². The molecule has 0 unspecified atom stereocenters. The molecule has 132 valence electrons. The van der Waals surface area contributed by atoms with Gasteiger partial charge in [0, 0.05) is 6.54 Å². The summed E-state index contributed by atoms with van der Waals surface area (Å²) in [6.07, 6.45) is 1.58. The Labute approximate surface area is 146 Å².